The highest BCUT2D eigenvalue weighted by molar-refractivity contribution is 6.01. The normalized spacial score (nSPS) is 24.3. The van der Waals surface area contributed by atoms with Crippen molar-refractivity contribution in [3.63, 3.8) is 0 Å². The maximum absolute atomic E-state index is 12.0. The number of aliphatic hydroxyl groups is 1. The third kappa shape index (κ3) is 2.03. The van der Waals surface area contributed by atoms with Crippen molar-refractivity contribution in [3.8, 4) is 0 Å². The zero-order valence-corrected chi connectivity index (χ0v) is 8.72. The lowest BCUT2D eigenvalue weighted by molar-refractivity contribution is 0.0841. The number of hydrogen-bond acceptors (Lipinski definition) is 4. The average Bonchev–Trinajstić information content (AvgIpc) is 2.74. The standard InChI is InChI=1S/C12H13NO3/c14-7-8-2-1-3-9(6-8)12(16)11-10(15)4-5-13-11/h1-3,6-7,10-11,13,15H,4-5H2/t10-,11-/m1/s1. The number of carbonyl (C=O) groups is 2. The third-order valence-electron chi connectivity index (χ3n) is 2.78. The van der Waals surface area contributed by atoms with Gasteiger partial charge in [0.15, 0.2) is 5.78 Å². The van der Waals surface area contributed by atoms with E-state index >= 15 is 0 Å². The summed E-state index contributed by atoms with van der Waals surface area (Å²) in [6.07, 6.45) is 0.659. The van der Waals surface area contributed by atoms with Crippen molar-refractivity contribution in [3.05, 3.63) is 35.4 Å². The first-order valence-corrected chi connectivity index (χ1v) is 5.23. The van der Waals surface area contributed by atoms with E-state index in [4.69, 9.17) is 0 Å². The van der Waals surface area contributed by atoms with Crippen molar-refractivity contribution in [2.24, 2.45) is 0 Å². The van der Waals surface area contributed by atoms with Crippen LogP contribution in [0, 0.1) is 0 Å². The van der Waals surface area contributed by atoms with E-state index in [0.29, 0.717) is 30.4 Å². The van der Waals surface area contributed by atoms with Crippen LogP contribution in [0.15, 0.2) is 24.3 Å². The number of ketones is 1. The Morgan fingerprint density at radius 2 is 2.31 bits per heavy atom. The van der Waals surface area contributed by atoms with Gasteiger partial charge in [0.1, 0.15) is 6.29 Å². The molecule has 4 heteroatoms. The number of rotatable bonds is 3. The van der Waals surface area contributed by atoms with Crippen molar-refractivity contribution < 1.29 is 14.7 Å². The minimum Gasteiger partial charge on any atom is -0.391 e. The van der Waals surface area contributed by atoms with Gasteiger partial charge in [-0.05, 0) is 19.0 Å². The van der Waals surface area contributed by atoms with Gasteiger partial charge in [-0.15, -0.1) is 0 Å². The smallest absolute Gasteiger partial charge is 0.182 e. The molecule has 0 bridgehead atoms. The van der Waals surface area contributed by atoms with Crippen LogP contribution in [0.25, 0.3) is 0 Å². The first kappa shape index (κ1) is 11.0. The zero-order chi connectivity index (χ0) is 11.5. The number of carbonyl (C=O) groups excluding carboxylic acids is 2. The second kappa shape index (κ2) is 4.55. The maximum Gasteiger partial charge on any atom is 0.182 e. The van der Waals surface area contributed by atoms with Crippen LogP contribution in [0.5, 0.6) is 0 Å². The van der Waals surface area contributed by atoms with Gasteiger partial charge in [0, 0.05) is 11.1 Å². The van der Waals surface area contributed by atoms with Crippen molar-refractivity contribution in [1.29, 1.82) is 0 Å². The van der Waals surface area contributed by atoms with Gasteiger partial charge in [0.25, 0.3) is 0 Å². The van der Waals surface area contributed by atoms with E-state index in [0.717, 1.165) is 0 Å². The summed E-state index contributed by atoms with van der Waals surface area (Å²) < 4.78 is 0. The van der Waals surface area contributed by atoms with Crippen LogP contribution in [0.1, 0.15) is 27.1 Å². The summed E-state index contributed by atoms with van der Waals surface area (Å²) in [5, 5.41) is 12.5. The second-order valence-corrected chi connectivity index (χ2v) is 3.90. The summed E-state index contributed by atoms with van der Waals surface area (Å²) in [5.41, 5.74) is 0.932. The van der Waals surface area contributed by atoms with Crippen LogP contribution >= 0.6 is 0 Å². The fraction of sp³-hybridized carbons (Fsp3) is 0.333. The first-order valence-electron chi connectivity index (χ1n) is 5.23. The molecule has 1 aromatic carbocycles. The van der Waals surface area contributed by atoms with Gasteiger partial charge in [0.2, 0.25) is 0 Å². The number of hydrogen-bond donors (Lipinski definition) is 2. The second-order valence-electron chi connectivity index (χ2n) is 3.90. The quantitative estimate of drug-likeness (QED) is 0.570. The summed E-state index contributed by atoms with van der Waals surface area (Å²) in [5.74, 6) is -0.159. The van der Waals surface area contributed by atoms with Crippen LogP contribution < -0.4 is 5.32 Å². The van der Waals surface area contributed by atoms with E-state index in [1.807, 2.05) is 0 Å². The molecule has 0 amide bonds. The molecule has 0 spiro atoms. The lowest BCUT2D eigenvalue weighted by Crippen LogP contribution is -2.38. The van der Waals surface area contributed by atoms with E-state index in [1.54, 1.807) is 24.3 Å². The van der Waals surface area contributed by atoms with E-state index in [1.165, 1.54) is 0 Å². The predicted octanol–water partition coefficient (Wildman–Crippen LogP) is 0.405. The largest absolute Gasteiger partial charge is 0.391 e. The van der Waals surface area contributed by atoms with Gasteiger partial charge in [0.05, 0.1) is 12.1 Å². The van der Waals surface area contributed by atoms with Crippen LogP contribution in [0.3, 0.4) is 0 Å². The SMILES string of the molecule is O=Cc1cccc(C(=O)[C@@H]2NCC[C@H]2O)c1. The Labute approximate surface area is 93.3 Å². The number of aldehydes is 1. The summed E-state index contributed by atoms with van der Waals surface area (Å²) >= 11 is 0. The Morgan fingerprint density at radius 1 is 1.50 bits per heavy atom. The lowest BCUT2D eigenvalue weighted by atomic mass is 10.00. The highest BCUT2D eigenvalue weighted by Gasteiger charge is 2.31. The van der Waals surface area contributed by atoms with E-state index in [9.17, 15) is 14.7 Å². The van der Waals surface area contributed by atoms with Crippen molar-refractivity contribution >= 4 is 12.1 Å². The fourth-order valence-electron chi connectivity index (χ4n) is 1.90. The molecule has 2 rings (SSSR count). The molecule has 84 valence electrons. The molecule has 2 atom stereocenters. The zero-order valence-electron chi connectivity index (χ0n) is 8.72. The Balaban J connectivity index is 2.23. The molecule has 16 heavy (non-hydrogen) atoms. The van der Waals surface area contributed by atoms with E-state index in [2.05, 4.69) is 5.32 Å². The molecule has 1 aliphatic heterocycles. The molecule has 4 nitrogen and oxygen atoms in total. The molecule has 0 aliphatic carbocycles. The summed E-state index contributed by atoms with van der Waals surface area (Å²) in [6.45, 7) is 0.644. The van der Waals surface area contributed by atoms with Crippen molar-refractivity contribution in [1.82, 2.24) is 5.32 Å². The van der Waals surface area contributed by atoms with Gasteiger partial charge in [-0.25, -0.2) is 0 Å². The van der Waals surface area contributed by atoms with E-state index < -0.39 is 12.1 Å². The average molecular weight is 219 g/mol. The predicted molar refractivity (Wildman–Crippen MR) is 58.6 cm³/mol. The summed E-state index contributed by atoms with van der Waals surface area (Å²) in [6, 6.07) is 5.96. The highest BCUT2D eigenvalue weighted by Crippen LogP contribution is 2.14. The summed E-state index contributed by atoms with van der Waals surface area (Å²) in [7, 11) is 0. The lowest BCUT2D eigenvalue weighted by Gasteiger charge is -2.13. The number of aliphatic hydroxyl groups excluding tert-OH is 1. The molecule has 0 unspecified atom stereocenters. The fourth-order valence-corrected chi connectivity index (χ4v) is 1.90. The molecular formula is C12H13NO3. The molecule has 0 saturated carbocycles. The molecule has 1 heterocycles. The van der Waals surface area contributed by atoms with Crippen LogP contribution in [-0.2, 0) is 0 Å². The Bertz CT molecular complexity index is 416. The topological polar surface area (TPSA) is 66.4 Å². The van der Waals surface area contributed by atoms with Crippen LogP contribution in [0.4, 0.5) is 0 Å². The van der Waals surface area contributed by atoms with Crippen molar-refractivity contribution in [2.45, 2.75) is 18.6 Å². The monoisotopic (exact) mass is 219 g/mol. The minimum atomic E-state index is -0.632. The highest BCUT2D eigenvalue weighted by atomic mass is 16.3. The van der Waals surface area contributed by atoms with Crippen LogP contribution in [-0.4, -0.2) is 35.9 Å². The first-order chi connectivity index (χ1) is 7.72. The molecule has 1 saturated heterocycles. The summed E-state index contributed by atoms with van der Waals surface area (Å²) in [4.78, 5) is 22.6. The third-order valence-corrected chi connectivity index (χ3v) is 2.78. The number of nitrogens with one attached hydrogen (secondary N) is 1. The molecule has 1 fully saturated rings. The Hall–Kier alpha value is -1.52. The van der Waals surface area contributed by atoms with Gasteiger partial charge in [-0.1, -0.05) is 18.2 Å². The van der Waals surface area contributed by atoms with Crippen molar-refractivity contribution in [2.75, 3.05) is 6.54 Å². The number of benzene rings is 1. The molecule has 2 N–H and O–H groups in total. The maximum atomic E-state index is 12.0. The Morgan fingerprint density at radius 3 is 2.94 bits per heavy atom. The molecule has 0 radical (unpaired) electrons. The molecule has 1 aliphatic rings. The minimum absolute atomic E-state index is 0.159. The van der Waals surface area contributed by atoms with E-state index in [-0.39, 0.29) is 5.78 Å². The molecule has 1 aromatic rings. The Kier molecular flexibility index (Phi) is 3.12. The molecule has 0 aromatic heterocycles. The molecular weight excluding hydrogens is 206 g/mol. The number of Topliss-reactive ketones (excluding diaryl/α,β-unsaturated/α-hetero) is 1. The van der Waals surface area contributed by atoms with Gasteiger partial charge >= 0.3 is 0 Å². The van der Waals surface area contributed by atoms with Gasteiger partial charge in [-0.3, -0.25) is 9.59 Å². The van der Waals surface area contributed by atoms with Gasteiger partial charge in [-0.2, -0.15) is 0 Å². The van der Waals surface area contributed by atoms with Gasteiger partial charge < -0.3 is 10.4 Å². The van der Waals surface area contributed by atoms with Crippen LogP contribution in [0.2, 0.25) is 0 Å².